The summed E-state index contributed by atoms with van der Waals surface area (Å²) in [5, 5.41) is 2.93. The lowest BCUT2D eigenvalue weighted by Gasteiger charge is -2.12. The summed E-state index contributed by atoms with van der Waals surface area (Å²) < 4.78 is 5.55. The zero-order valence-electron chi connectivity index (χ0n) is 10.2. The number of ether oxygens (including phenoxy) is 1. The minimum Gasteiger partial charge on any atom is -0.491 e. The van der Waals surface area contributed by atoms with Gasteiger partial charge in [-0.2, -0.15) is 0 Å². The molecular formula is C13H18N2O2. The second kappa shape index (κ2) is 4.65. The van der Waals surface area contributed by atoms with Gasteiger partial charge in [-0.1, -0.05) is 0 Å². The molecule has 0 unspecified atom stereocenters. The molecule has 0 spiro atoms. The van der Waals surface area contributed by atoms with Gasteiger partial charge in [-0.3, -0.25) is 4.79 Å². The van der Waals surface area contributed by atoms with E-state index in [1.165, 1.54) is 0 Å². The number of hydrogen-bond acceptors (Lipinski definition) is 3. The van der Waals surface area contributed by atoms with Crippen molar-refractivity contribution >= 4 is 11.6 Å². The van der Waals surface area contributed by atoms with E-state index in [4.69, 9.17) is 10.5 Å². The monoisotopic (exact) mass is 234 g/mol. The van der Waals surface area contributed by atoms with Crippen LogP contribution in [0.3, 0.4) is 0 Å². The highest BCUT2D eigenvalue weighted by Crippen LogP contribution is 2.22. The Bertz CT molecular complexity index is 425. The minimum absolute atomic E-state index is 0.0659. The molecule has 1 amide bonds. The molecule has 0 aliphatic heterocycles. The van der Waals surface area contributed by atoms with E-state index in [2.05, 4.69) is 5.32 Å². The molecule has 0 saturated heterocycles. The van der Waals surface area contributed by atoms with Gasteiger partial charge >= 0.3 is 0 Å². The number of carbonyl (C=O) groups is 1. The summed E-state index contributed by atoms with van der Waals surface area (Å²) in [6, 6.07) is 5.48. The maximum absolute atomic E-state index is 11.9. The van der Waals surface area contributed by atoms with Crippen LogP contribution in [-0.2, 0) is 0 Å². The third-order valence-electron chi connectivity index (χ3n) is 2.48. The Morgan fingerprint density at radius 3 is 2.71 bits per heavy atom. The van der Waals surface area contributed by atoms with Crippen LogP contribution in [-0.4, -0.2) is 18.1 Å². The maximum atomic E-state index is 11.9. The van der Waals surface area contributed by atoms with Gasteiger partial charge in [0, 0.05) is 23.4 Å². The van der Waals surface area contributed by atoms with Gasteiger partial charge in [0.1, 0.15) is 5.75 Å². The molecular weight excluding hydrogens is 216 g/mol. The number of anilines is 1. The summed E-state index contributed by atoms with van der Waals surface area (Å²) >= 11 is 0. The summed E-state index contributed by atoms with van der Waals surface area (Å²) in [5.41, 5.74) is 6.87. The molecule has 2 rings (SSSR count). The molecule has 1 aliphatic rings. The third-order valence-corrected chi connectivity index (χ3v) is 2.48. The molecule has 0 radical (unpaired) electrons. The molecule has 4 nitrogen and oxygen atoms in total. The van der Waals surface area contributed by atoms with Crippen molar-refractivity contribution in [3.8, 4) is 5.75 Å². The molecule has 1 aromatic rings. The van der Waals surface area contributed by atoms with Crippen LogP contribution in [0.2, 0.25) is 0 Å². The van der Waals surface area contributed by atoms with E-state index in [-0.39, 0.29) is 12.0 Å². The van der Waals surface area contributed by atoms with Gasteiger partial charge in [0.25, 0.3) is 5.91 Å². The fraction of sp³-hybridized carbons (Fsp3) is 0.462. The van der Waals surface area contributed by atoms with Gasteiger partial charge in [-0.15, -0.1) is 0 Å². The number of amides is 1. The summed E-state index contributed by atoms with van der Waals surface area (Å²) in [5.74, 6) is 0.564. The quantitative estimate of drug-likeness (QED) is 0.783. The standard InChI is InChI=1S/C13H18N2O2/c1-8(2)17-12-6-9(5-10(14)7-12)13(16)15-11-3-4-11/h5-8,11H,3-4,14H2,1-2H3,(H,15,16). The Hall–Kier alpha value is -1.71. The highest BCUT2D eigenvalue weighted by molar-refractivity contribution is 5.95. The van der Waals surface area contributed by atoms with Crippen LogP contribution >= 0.6 is 0 Å². The lowest BCUT2D eigenvalue weighted by atomic mass is 10.1. The Morgan fingerprint density at radius 1 is 1.41 bits per heavy atom. The molecule has 0 aromatic heterocycles. The number of nitrogen functional groups attached to an aromatic ring is 1. The molecule has 3 N–H and O–H groups in total. The molecule has 1 fully saturated rings. The van der Waals surface area contributed by atoms with Crippen molar-refractivity contribution in [1.29, 1.82) is 0 Å². The Kier molecular flexibility index (Phi) is 3.22. The topological polar surface area (TPSA) is 64.3 Å². The van der Waals surface area contributed by atoms with E-state index in [0.717, 1.165) is 12.8 Å². The van der Waals surface area contributed by atoms with E-state index >= 15 is 0 Å². The highest BCUT2D eigenvalue weighted by Gasteiger charge is 2.24. The van der Waals surface area contributed by atoms with Gasteiger partial charge < -0.3 is 15.8 Å². The SMILES string of the molecule is CC(C)Oc1cc(N)cc(C(=O)NC2CC2)c1. The van der Waals surface area contributed by atoms with Crippen LogP contribution in [0.4, 0.5) is 5.69 Å². The molecule has 1 aromatic carbocycles. The predicted molar refractivity (Wildman–Crippen MR) is 67.1 cm³/mol. The zero-order valence-corrected chi connectivity index (χ0v) is 10.2. The van der Waals surface area contributed by atoms with Crippen molar-refractivity contribution in [2.75, 3.05) is 5.73 Å². The average molecular weight is 234 g/mol. The van der Waals surface area contributed by atoms with E-state index in [9.17, 15) is 4.79 Å². The van der Waals surface area contributed by atoms with Crippen molar-refractivity contribution in [2.45, 2.75) is 38.8 Å². The van der Waals surface area contributed by atoms with Crippen LogP contribution in [0.25, 0.3) is 0 Å². The third kappa shape index (κ3) is 3.37. The molecule has 1 aliphatic carbocycles. The number of rotatable bonds is 4. The molecule has 4 heteroatoms. The summed E-state index contributed by atoms with van der Waals surface area (Å²) in [6.07, 6.45) is 2.21. The zero-order chi connectivity index (χ0) is 12.4. The minimum atomic E-state index is -0.0755. The number of benzene rings is 1. The Morgan fingerprint density at radius 2 is 2.12 bits per heavy atom. The molecule has 92 valence electrons. The number of carbonyl (C=O) groups excluding carboxylic acids is 1. The lowest BCUT2D eigenvalue weighted by Crippen LogP contribution is -2.25. The van der Waals surface area contributed by atoms with Crippen molar-refractivity contribution in [3.05, 3.63) is 23.8 Å². The van der Waals surface area contributed by atoms with Gasteiger partial charge in [0.2, 0.25) is 0 Å². The van der Waals surface area contributed by atoms with Crippen LogP contribution in [0.1, 0.15) is 37.0 Å². The van der Waals surface area contributed by atoms with E-state index in [1.54, 1.807) is 18.2 Å². The number of hydrogen-bond donors (Lipinski definition) is 2. The second-order valence-electron chi connectivity index (χ2n) is 4.71. The molecule has 0 bridgehead atoms. The Labute approximate surface area is 101 Å². The van der Waals surface area contributed by atoms with Crippen molar-refractivity contribution in [3.63, 3.8) is 0 Å². The first-order valence-electron chi connectivity index (χ1n) is 5.92. The smallest absolute Gasteiger partial charge is 0.251 e. The normalized spacial score (nSPS) is 14.8. The summed E-state index contributed by atoms with van der Waals surface area (Å²) in [7, 11) is 0. The number of nitrogens with two attached hydrogens (primary N) is 1. The molecule has 0 atom stereocenters. The van der Waals surface area contributed by atoms with Crippen LogP contribution in [0.5, 0.6) is 5.75 Å². The first kappa shape index (κ1) is 11.8. The summed E-state index contributed by atoms with van der Waals surface area (Å²) in [6.45, 7) is 3.88. The summed E-state index contributed by atoms with van der Waals surface area (Å²) in [4.78, 5) is 11.9. The van der Waals surface area contributed by atoms with Gasteiger partial charge in [0.05, 0.1) is 6.10 Å². The molecule has 17 heavy (non-hydrogen) atoms. The lowest BCUT2D eigenvalue weighted by molar-refractivity contribution is 0.0950. The van der Waals surface area contributed by atoms with Crippen LogP contribution in [0.15, 0.2) is 18.2 Å². The van der Waals surface area contributed by atoms with Crippen molar-refractivity contribution < 1.29 is 9.53 Å². The van der Waals surface area contributed by atoms with Crippen molar-refractivity contribution in [2.24, 2.45) is 0 Å². The second-order valence-corrected chi connectivity index (χ2v) is 4.71. The maximum Gasteiger partial charge on any atom is 0.251 e. The largest absolute Gasteiger partial charge is 0.491 e. The fourth-order valence-electron chi connectivity index (χ4n) is 1.59. The molecule has 0 heterocycles. The first-order chi connectivity index (χ1) is 8.04. The van der Waals surface area contributed by atoms with E-state index in [1.807, 2.05) is 13.8 Å². The molecule has 1 saturated carbocycles. The van der Waals surface area contributed by atoms with Crippen molar-refractivity contribution in [1.82, 2.24) is 5.32 Å². The average Bonchev–Trinajstić information content (AvgIpc) is 2.99. The predicted octanol–water partition coefficient (Wildman–Crippen LogP) is 1.95. The fourth-order valence-corrected chi connectivity index (χ4v) is 1.59. The van der Waals surface area contributed by atoms with Crippen LogP contribution < -0.4 is 15.8 Å². The van der Waals surface area contributed by atoms with Gasteiger partial charge in [-0.25, -0.2) is 0 Å². The number of nitrogens with one attached hydrogen (secondary N) is 1. The first-order valence-corrected chi connectivity index (χ1v) is 5.92. The van der Waals surface area contributed by atoms with Gasteiger partial charge in [-0.05, 0) is 38.8 Å². The Balaban J connectivity index is 2.14. The van der Waals surface area contributed by atoms with E-state index < -0.39 is 0 Å². The van der Waals surface area contributed by atoms with Gasteiger partial charge in [0.15, 0.2) is 0 Å². The van der Waals surface area contributed by atoms with E-state index in [0.29, 0.717) is 23.0 Å². The van der Waals surface area contributed by atoms with Crippen LogP contribution in [0, 0.1) is 0 Å². The highest BCUT2D eigenvalue weighted by atomic mass is 16.5.